The Hall–Kier alpha value is -3.73. The van der Waals surface area contributed by atoms with Gasteiger partial charge in [-0.15, -0.1) is 0 Å². The Kier molecular flexibility index (Phi) is 5.19. The van der Waals surface area contributed by atoms with Gasteiger partial charge in [0.1, 0.15) is 6.54 Å². The molecule has 1 amide bonds. The van der Waals surface area contributed by atoms with E-state index in [9.17, 15) is 19.7 Å². The molecule has 0 radical (unpaired) electrons. The lowest BCUT2D eigenvalue weighted by Crippen LogP contribution is -2.23. The van der Waals surface area contributed by atoms with Crippen LogP contribution in [0.2, 0.25) is 0 Å². The average Bonchev–Trinajstić information content (AvgIpc) is 3.31. The van der Waals surface area contributed by atoms with E-state index < -0.39 is 16.8 Å². The van der Waals surface area contributed by atoms with Crippen molar-refractivity contribution in [2.45, 2.75) is 13.5 Å². The van der Waals surface area contributed by atoms with Crippen molar-refractivity contribution in [1.82, 2.24) is 4.57 Å². The summed E-state index contributed by atoms with van der Waals surface area (Å²) in [5, 5.41) is 11.1. The Morgan fingerprint density at radius 2 is 2.03 bits per heavy atom. The Balaban J connectivity index is 1.80. The molecule has 1 aliphatic rings. The first kappa shape index (κ1) is 19.6. The molecular formula is C19H15N3O7S. The highest BCUT2D eigenvalue weighted by Crippen LogP contribution is 2.32. The molecule has 0 saturated heterocycles. The summed E-state index contributed by atoms with van der Waals surface area (Å²) < 4.78 is 17.5. The standard InChI is InChI=1S/C19H15N3O7S/c1-2-27-17(23)9-21-13-5-4-12(22(25)26)8-16(13)30-19(21)20-18(24)11-3-6-14-15(7-11)29-10-28-14/h3-8H,2,9-10H2,1H3. The zero-order valence-corrected chi connectivity index (χ0v) is 16.5. The molecule has 0 unspecified atom stereocenters. The van der Waals surface area contributed by atoms with Gasteiger partial charge in [0, 0.05) is 17.7 Å². The fourth-order valence-electron chi connectivity index (χ4n) is 2.93. The summed E-state index contributed by atoms with van der Waals surface area (Å²) in [4.78, 5) is 39.7. The smallest absolute Gasteiger partial charge is 0.326 e. The number of thiazole rings is 1. The molecule has 1 aliphatic heterocycles. The summed E-state index contributed by atoms with van der Waals surface area (Å²) in [6.45, 7) is 1.79. The topological polar surface area (TPSA) is 122 Å². The molecule has 0 bridgehead atoms. The molecule has 10 nitrogen and oxygen atoms in total. The van der Waals surface area contributed by atoms with Crippen molar-refractivity contribution in [3.8, 4) is 11.5 Å². The van der Waals surface area contributed by atoms with E-state index in [0.717, 1.165) is 11.3 Å². The van der Waals surface area contributed by atoms with Gasteiger partial charge in [-0.05, 0) is 31.2 Å². The summed E-state index contributed by atoms with van der Waals surface area (Å²) in [6, 6.07) is 8.94. The second kappa shape index (κ2) is 7.95. The normalized spacial score (nSPS) is 12.9. The summed E-state index contributed by atoms with van der Waals surface area (Å²) in [5.41, 5.74) is 0.724. The lowest BCUT2D eigenvalue weighted by atomic mass is 10.2. The van der Waals surface area contributed by atoms with E-state index in [1.807, 2.05) is 0 Å². The van der Waals surface area contributed by atoms with Crippen LogP contribution < -0.4 is 14.3 Å². The van der Waals surface area contributed by atoms with Gasteiger partial charge >= 0.3 is 5.97 Å². The predicted molar refractivity (Wildman–Crippen MR) is 106 cm³/mol. The summed E-state index contributed by atoms with van der Waals surface area (Å²) >= 11 is 1.07. The van der Waals surface area contributed by atoms with Gasteiger partial charge in [-0.3, -0.25) is 19.7 Å². The van der Waals surface area contributed by atoms with Crippen molar-refractivity contribution in [2.75, 3.05) is 13.4 Å². The van der Waals surface area contributed by atoms with Gasteiger partial charge in [0.05, 0.1) is 21.7 Å². The number of nitro benzene ring substituents is 1. The van der Waals surface area contributed by atoms with Gasteiger partial charge in [0.15, 0.2) is 16.3 Å². The summed E-state index contributed by atoms with van der Waals surface area (Å²) in [6.07, 6.45) is 0. The van der Waals surface area contributed by atoms with E-state index in [1.165, 1.54) is 28.8 Å². The molecule has 4 rings (SSSR count). The van der Waals surface area contributed by atoms with Gasteiger partial charge in [0.25, 0.3) is 11.6 Å². The van der Waals surface area contributed by atoms with Gasteiger partial charge in [0.2, 0.25) is 6.79 Å². The van der Waals surface area contributed by atoms with Crippen LogP contribution in [0.25, 0.3) is 10.2 Å². The second-order valence-corrected chi connectivity index (χ2v) is 7.18. The van der Waals surface area contributed by atoms with Crippen molar-refractivity contribution >= 4 is 39.1 Å². The Morgan fingerprint density at radius 1 is 1.23 bits per heavy atom. The number of non-ortho nitro benzene ring substituents is 1. The average molecular weight is 429 g/mol. The molecule has 3 aromatic rings. The van der Waals surface area contributed by atoms with Gasteiger partial charge < -0.3 is 18.8 Å². The monoisotopic (exact) mass is 429 g/mol. The van der Waals surface area contributed by atoms with E-state index in [4.69, 9.17) is 14.2 Å². The number of carbonyl (C=O) groups is 2. The Bertz CT molecular complexity index is 1240. The minimum Gasteiger partial charge on any atom is -0.465 e. The van der Waals surface area contributed by atoms with Crippen LogP contribution in [0.3, 0.4) is 0 Å². The maximum Gasteiger partial charge on any atom is 0.326 e. The first-order valence-electron chi connectivity index (χ1n) is 8.88. The zero-order chi connectivity index (χ0) is 21.3. The van der Waals surface area contributed by atoms with E-state index >= 15 is 0 Å². The van der Waals surface area contributed by atoms with E-state index in [1.54, 1.807) is 19.1 Å². The van der Waals surface area contributed by atoms with Crippen molar-refractivity contribution < 1.29 is 28.7 Å². The van der Waals surface area contributed by atoms with Crippen LogP contribution in [0.1, 0.15) is 17.3 Å². The molecule has 0 N–H and O–H groups in total. The fourth-order valence-corrected chi connectivity index (χ4v) is 3.99. The predicted octanol–water partition coefficient (Wildman–Crippen LogP) is 2.64. The SMILES string of the molecule is CCOC(=O)Cn1c(=NC(=O)c2ccc3c(c2)OCO3)sc2cc([N+](=O)[O-])ccc21. The maximum absolute atomic E-state index is 12.7. The van der Waals surface area contributed by atoms with Crippen LogP contribution in [0.5, 0.6) is 11.5 Å². The van der Waals surface area contributed by atoms with E-state index in [-0.39, 0.29) is 36.0 Å². The largest absolute Gasteiger partial charge is 0.465 e. The molecule has 11 heteroatoms. The van der Waals surface area contributed by atoms with E-state index in [2.05, 4.69) is 4.99 Å². The van der Waals surface area contributed by atoms with Gasteiger partial charge in [-0.2, -0.15) is 4.99 Å². The highest BCUT2D eigenvalue weighted by molar-refractivity contribution is 7.16. The molecule has 0 saturated carbocycles. The number of nitrogens with zero attached hydrogens (tertiary/aromatic N) is 3. The minimum atomic E-state index is -0.549. The van der Waals surface area contributed by atoms with Crippen LogP contribution in [-0.2, 0) is 16.1 Å². The summed E-state index contributed by atoms with van der Waals surface area (Å²) in [5.74, 6) is -0.0694. The molecule has 0 spiro atoms. The first-order valence-corrected chi connectivity index (χ1v) is 9.70. The lowest BCUT2D eigenvalue weighted by molar-refractivity contribution is -0.384. The van der Waals surface area contributed by atoms with Gasteiger partial charge in [-0.1, -0.05) is 11.3 Å². The molecule has 0 atom stereocenters. The van der Waals surface area contributed by atoms with Crippen LogP contribution in [0, 0.1) is 10.1 Å². The van der Waals surface area contributed by atoms with Crippen LogP contribution in [-0.4, -0.2) is 34.8 Å². The van der Waals surface area contributed by atoms with Crippen molar-refractivity contribution in [3.63, 3.8) is 0 Å². The number of nitro groups is 1. The number of esters is 1. The molecule has 0 aliphatic carbocycles. The molecule has 2 aromatic carbocycles. The quantitative estimate of drug-likeness (QED) is 0.347. The highest BCUT2D eigenvalue weighted by Gasteiger charge is 2.18. The number of carbonyl (C=O) groups excluding carboxylic acids is 2. The van der Waals surface area contributed by atoms with Crippen LogP contribution in [0.4, 0.5) is 5.69 Å². The number of rotatable bonds is 5. The number of amides is 1. The number of benzene rings is 2. The van der Waals surface area contributed by atoms with Crippen molar-refractivity contribution in [3.05, 3.63) is 56.9 Å². The molecule has 0 fully saturated rings. The number of ether oxygens (including phenoxy) is 3. The lowest BCUT2D eigenvalue weighted by Gasteiger charge is -2.05. The minimum absolute atomic E-state index is 0.0821. The first-order chi connectivity index (χ1) is 14.5. The number of aromatic nitrogens is 1. The van der Waals surface area contributed by atoms with Crippen molar-refractivity contribution in [2.24, 2.45) is 4.99 Å². The van der Waals surface area contributed by atoms with Crippen LogP contribution in [0.15, 0.2) is 41.4 Å². The van der Waals surface area contributed by atoms with Gasteiger partial charge in [-0.25, -0.2) is 0 Å². The zero-order valence-electron chi connectivity index (χ0n) is 15.7. The molecule has 30 heavy (non-hydrogen) atoms. The Labute approximate surface area is 173 Å². The molecule has 154 valence electrons. The van der Waals surface area contributed by atoms with Crippen LogP contribution >= 0.6 is 11.3 Å². The number of hydrogen-bond donors (Lipinski definition) is 0. The third kappa shape index (κ3) is 3.74. The van der Waals surface area contributed by atoms with E-state index in [0.29, 0.717) is 21.7 Å². The second-order valence-electron chi connectivity index (χ2n) is 6.17. The summed E-state index contributed by atoms with van der Waals surface area (Å²) in [7, 11) is 0. The fraction of sp³-hybridized carbons (Fsp3) is 0.211. The van der Waals surface area contributed by atoms with Crippen molar-refractivity contribution in [1.29, 1.82) is 0 Å². The maximum atomic E-state index is 12.7. The molecular weight excluding hydrogens is 414 g/mol. The third-order valence-electron chi connectivity index (χ3n) is 4.29. The molecule has 1 aromatic heterocycles. The number of hydrogen-bond acceptors (Lipinski definition) is 8. The highest BCUT2D eigenvalue weighted by atomic mass is 32.1. The third-order valence-corrected chi connectivity index (χ3v) is 5.33. The number of fused-ring (bicyclic) bond motifs is 2. The molecule has 2 heterocycles. The Morgan fingerprint density at radius 3 is 2.80 bits per heavy atom.